The van der Waals surface area contributed by atoms with E-state index in [1.165, 1.54) is 18.7 Å². The number of thioether (sulfide) groups is 1. The molecule has 1 aliphatic heterocycles. The molecule has 1 aromatic heterocycles. The molecule has 26 heavy (non-hydrogen) atoms. The molecule has 0 aliphatic carbocycles. The van der Waals surface area contributed by atoms with Crippen LogP contribution in [0.3, 0.4) is 0 Å². The van der Waals surface area contributed by atoms with Crippen molar-refractivity contribution in [3.05, 3.63) is 39.5 Å². The first kappa shape index (κ1) is 18.9. The second-order valence-corrected chi connectivity index (χ2v) is 7.34. The Labute approximate surface area is 165 Å². The third kappa shape index (κ3) is 3.79. The SMILES string of the molecule is CSc1nc2c(c(-c3ccc(Cl)cc3Cl)n1)CN(CCNC(C)=O)C2=O. The van der Waals surface area contributed by atoms with Crippen molar-refractivity contribution in [1.29, 1.82) is 0 Å². The molecule has 2 amide bonds. The lowest BCUT2D eigenvalue weighted by Gasteiger charge is -2.15. The van der Waals surface area contributed by atoms with E-state index in [4.69, 9.17) is 23.2 Å². The van der Waals surface area contributed by atoms with Gasteiger partial charge >= 0.3 is 0 Å². The van der Waals surface area contributed by atoms with Gasteiger partial charge in [-0.2, -0.15) is 0 Å². The van der Waals surface area contributed by atoms with Gasteiger partial charge in [-0.05, 0) is 24.5 Å². The van der Waals surface area contributed by atoms with Crippen molar-refractivity contribution < 1.29 is 9.59 Å². The summed E-state index contributed by atoms with van der Waals surface area (Å²) in [6.07, 6.45) is 1.85. The van der Waals surface area contributed by atoms with E-state index >= 15 is 0 Å². The first-order chi connectivity index (χ1) is 12.4. The van der Waals surface area contributed by atoms with Gasteiger partial charge in [0.1, 0.15) is 5.69 Å². The van der Waals surface area contributed by atoms with Crippen LogP contribution >= 0.6 is 35.0 Å². The van der Waals surface area contributed by atoms with Crippen LogP contribution < -0.4 is 5.32 Å². The van der Waals surface area contributed by atoms with Crippen LogP contribution in [0.5, 0.6) is 0 Å². The highest BCUT2D eigenvalue weighted by molar-refractivity contribution is 7.98. The zero-order chi connectivity index (χ0) is 18.8. The zero-order valence-corrected chi connectivity index (χ0v) is 16.5. The number of hydrogen-bond acceptors (Lipinski definition) is 5. The smallest absolute Gasteiger partial charge is 0.273 e. The summed E-state index contributed by atoms with van der Waals surface area (Å²) in [7, 11) is 0. The van der Waals surface area contributed by atoms with Crippen molar-refractivity contribution in [2.45, 2.75) is 18.6 Å². The van der Waals surface area contributed by atoms with Gasteiger partial charge in [-0.25, -0.2) is 9.97 Å². The van der Waals surface area contributed by atoms with Gasteiger partial charge in [0, 0.05) is 36.2 Å². The summed E-state index contributed by atoms with van der Waals surface area (Å²) in [5, 5.41) is 4.19. The summed E-state index contributed by atoms with van der Waals surface area (Å²) in [6.45, 7) is 2.60. The molecule has 1 aromatic carbocycles. The maximum atomic E-state index is 12.7. The second kappa shape index (κ2) is 7.82. The van der Waals surface area contributed by atoms with E-state index < -0.39 is 0 Å². The summed E-state index contributed by atoms with van der Waals surface area (Å²) in [5.74, 6) is -0.304. The van der Waals surface area contributed by atoms with E-state index in [1.54, 1.807) is 23.1 Å². The first-order valence-electron chi connectivity index (χ1n) is 7.84. The Bertz CT molecular complexity index is 891. The summed E-state index contributed by atoms with van der Waals surface area (Å²) < 4.78 is 0. The highest BCUT2D eigenvalue weighted by Crippen LogP contribution is 2.36. The average Bonchev–Trinajstić information content (AvgIpc) is 2.90. The van der Waals surface area contributed by atoms with Crippen molar-refractivity contribution >= 4 is 46.8 Å². The Morgan fingerprint density at radius 3 is 2.69 bits per heavy atom. The van der Waals surface area contributed by atoms with Gasteiger partial charge in [0.25, 0.3) is 5.91 Å². The predicted octanol–water partition coefficient (Wildman–Crippen LogP) is 3.26. The minimum atomic E-state index is -0.172. The lowest BCUT2D eigenvalue weighted by Crippen LogP contribution is -2.34. The molecule has 0 atom stereocenters. The topological polar surface area (TPSA) is 75.2 Å². The molecule has 9 heteroatoms. The number of fused-ring (bicyclic) bond motifs is 1. The van der Waals surface area contributed by atoms with E-state index in [-0.39, 0.29) is 11.8 Å². The lowest BCUT2D eigenvalue weighted by molar-refractivity contribution is -0.119. The van der Waals surface area contributed by atoms with Gasteiger partial charge in [0.05, 0.1) is 17.3 Å². The number of amides is 2. The highest BCUT2D eigenvalue weighted by Gasteiger charge is 2.33. The monoisotopic (exact) mass is 410 g/mol. The van der Waals surface area contributed by atoms with Gasteiger partial charge in [-0.15, -0.1) is 0 Å². The normalized spacial score (nSPS) is 13.1. The summed E-state index contributed by atoms with van der Waals surface area (Å²) in [4.78, 5) is 34.4. The molecule has 0 radical (unpaired) electrons. The van der Waals surface area contributed by atoms with Crippen molar-refractivity contribution in [3.8, 4) is 11.3 Å². The van der Waals surface area contributed by atoms with E-state index in [9.17, 15) is 9.59 Å². The maximum absolute atomic E-state index is 12.7. The fourth-order valence-corrected chi connectivity index (χ4v) is 3.61. The second-order valence-electron chi connectivity index (χ2n) is 5.72. The number of carbonyl (C=O) groups is 2. The Hall–Kier alpha value is -1.83. The third-order valence-electron chi connectivity index (χ3n) is 3.95. The Kier molecular flexibility index (Phi) is 5.70. The lowest BCUT2D eigenvalue weighted by atomic mass is 10.1. The van der Waals surface area contributed by atoms with Gasteiger partial charge < -0.3 is 10.2 Å². The predicted molar refractivity (Wildman–Crippen MR) is 103 cm³/mol. The van der Waals surface area contributed by atoms with Crippen LogP contribution in [-0.2, 0) is 11.3 Å². The summed E-state index contributed by atoms with van der Waals surface area (Å²) >= 11 is 13.7. The fraction of sp³-hybridized carbons (Fsp3) is 0.294. The summed E-state index contributed by atoms with van der Waals surface area (Å²) in [6, 6.07) is 5.18. The Morgan fingerprint density at radius 2 is 2.04 bits per heavy atom. The van der Waals surface area contributed by atoms with Crippen LogP contribution in [0.2, 0.25) is 10.0 Å². The van der Waals surface area contributed by atoms with Crippen molar-refractivity contribution in [3.63, 3.8) is 0 Å². The molecule has 3 rings (SSSR count). The molecule has 0 fully saturated rings. The molecule has 1 N–H and O–H groups in total. The molecule has 0 unspecified atom stereocenters. The van der Waals surface area contributed by atoms with Crippen molar-refractivity contribution in [2.75, 3.05) is 19.3 Å². The van der Waals surface area contributed by atoms with E-state index in [2.05, 4.69) is 15.3 Å². The van der Waals surface area contributed by atoms with Gasteiger partial charge in [0.2, 0.25) is 5.91 Å². The van der Waals surface area contributed by atoms with Crippen LogP contribution in [-0.4, -0.2) is 46.0 Å². The number of rotatable bonds is 5. The van der Waals surface area contributed by atoms with Gasteiger partial charge in [0.15, 0.2) is 5.16 Å². The zero-order valence-electron chi connectivity index (χ0n) is 14.2. The number of nitrogens with zero attached hydrogens (tertiary/aromatic N) is 3. The number of benzene rings is 1. The maximum Gasteiger partial charge on any atom is 0.273 e. The van der Waals surface area contributed by atoms with Crippen molar-refractivity contribution in [1.82, 2.24) is 20.2 Å². The minimum absolute atomic E-state index is 0.132. The van der Waals surface area contributed by atoms with Crippen LogP contribution in [0.15, 0.2) is 23.4 Å². The number of hydrogen-bond donors (Lipinski definition) is 1. The van der Waals surface area contributed by atoms with E-state index in [1.807, 2.05) is 6.26 Å². The Morgan fingerprint density at radius 1 is 1.31 bits per heavy atom. The molecule has 0 saturated heterocycles. The highest BCUT2D eigenvalue weighted by atomic mass is 35.5. The standard InChI is InChI=1S/C17H16Cl2N4O2S/c1-9(24)20-5-6-23-8-12-14(11-4-3-10(18)7-13(11)19)21-17(26-2)22-15(12)16(23)25/h3-4,7H,5-6,8H2,1-2H3,(H,20,24). The first-order valence-corrected chi connectivity index (χ1v) is 9.82. The largest absolute Gasteiger partial charge is 0.355 e. The molecule has 136 valence electrons. The van der Waals surface area contributed by atoms with Crippen molar-refractivity contribution in [2.24, 2.45) is 0 Å². The molecule has 2 heterocycles. The number of carbonyl (C=O) groups excluding carboxylic acids is 2. The fourth-order valence-electron chi connectivity index (χ4n) is 2.75. The van der Waals surface area contributed by atoms with Crippen LogP contribution in [0.1, 0.15) is 23.0 Å². The quantitative estimate of drug-likeness (QED) is 0.604. The minimum Gasteiger partial charge on any atom is -0.355 e. The molecule has 1 aliphatic rings. The molecule has 6 nitrogen and oxygen atoms in total. The Balaban J connectivity index is 1.99. The molecular formula is C17H16Cl2N4O2S. The van der Waals surface area contributed by atoms with Crippen LogP contribution in [0.25, 0.3) is 11.3 Å². The van der Waals surface area contributed by atoms with Gasteiger partial charge in [-0.1, -0.05) is 35.0 Å². The molecule has 2 aromatic rings. The molecule has 0 spiro atoms. The van der Waals surface area contributed by atoms with Gasteiger partial charge in [-0.3, -0.25) is 9.59 Å². The molecule has 0 bridgehead atoms. The summed E-state index contributed by atoms with van der Waals surface area (Å²) in [5.41, 5.74) is 2.46. The van der Waals surface area contributed by atoms with E-state index in [0.717, 1.165) is 5.56 Å². The van der Waals surface area contributed by atoms with Crippen LogP contribution in [0.4, 0.5) is 0 Å². The number of halogens is 2. The van der Waals surface area contributed by atoms with E-state index in [0.29, 0.717) is 51.8 Å². The average molecular weight is 411 g/mol. The van der Waals surface area contributed by atoms with Crippen LogP contribution in [0, 0.1) is 0 Å². The third-order valence-corrected chi connectivity index (χ3v) is 5.05. The molecular weight excluding hydrogens is 395 g/mol. The number of aromatic nitrogens is 2. The molecule has 0 saturated carbocycles. The number of nitrogens with one attached hydrogen (secondary N) is 1.